The van der Waals surface area contributed by atoms with Crippen molar-refractivity contribution in [1.29, 1.82) is 0 Å². The van der Waals surface area contributed by atoms with Crippen molar-refractivity contribution in [3.8, 4) is 5.69 Å². The fraction of sp³-hybridized carbons (Fsp3) is 0.320. The number of carbonyl (C=O) groups is 1. The van der Waals surface area contributed by atoms with Gasteiger partial charge in [0.15, 0.2) is 0 Å². The van der Waals surface area contributed by atoms with Gasteiger partial charge in [0.2, 0.25) is 5.91 Å². The molecular formula is C25H28N4O. The van der Waals surface area contributed by atoms with Crippen LogP contribution in [0.25, 0.3) is 11.8 Å². The summed E-state index contributed by atoms with van der Waals surface area (Å²) in [7, 11) is 0. The van der Waals surface area contributed by atoms with Crippen molar-refractivity contribution >= 4 is 12.0 Å². The van der Waals surface area contributed by atoms with Crippen LogP contribution in [-0.4, -0.2) is 20.7 Å². The van der Waals surface area contributed by atoms with E-state index < -0.39 is 0 Å². The Balaban J connectivity index is 1.51. The minimum Gasteiger partial charge on any atom is -0.346 e. The Morgan fingerprint density at radius 2 is 1.97 bits per heavy atom. The van der Waals surface area contributed by atoms with Gasteiger partial charge >= 0.3 is 0 Å². The number of benzene rings is 1. The second-order valence-corrected chi connectivity index (χ2v) is 8.83. The first-order valence-electron chi connectivity index (χ1n) is 10.5. The lowest BCUT2D eigenvalue weighted by Gasteiger charge is -2.24. The summed E-state index contributed by atoms with van der Waals surface area (Å²) in [4.78, 5) is 16.5. The van der Waals surface area contributed by atoms with Crippen LogP contribution in [0.15, 0.2) is 61.1 Å². The van der Waals surface area contributed by atoms with Crippen LogP contribution in [0.4, 0.5) is 0 Å². The molecule has 0 radical (unpaired) electrons. The molecule has 1 amide bonds. The Morgan fingerprint density at radius 1 is 1.17 bits per heavy atom. The first-order valence-corrected chi connectivity index (χ1v) is 10.5. The van der Waals surface area contributed by atoms with Gasteiger partial charge < -0.3 is 5.32 Å². The molecule has 0 saturated heterocycles. The van der Waals surface area contributed by atoms with Gasteiger partial charge in [-0.1, -0.05) is 39.0 Å². The monoisotopic (exact) mass is 400 g/mol. The second-order valence-electron chi connectivity index (χ2n) is 8.83. The number of nitrogens with zero attached hydrogens (tertiary/aromatic N) is 3. The Morgan fingerprint density at radius 3 is 2.67 bits per heavy atom. The van der Waals surface area contributed by atoms with Gasteiger partial charge in [-0.3, -0.25) is 9.78 Å². The van der Waals surface area contributed by atoms with Crippen molar-refractivity contribution in [2.45, 2.75) is 51.5 Å². The summed E-state index contributed by atoms with van der Waals surface area (Å²) in [5, 5.41) is 7.79. The summed E-state index contributed by atoms with van der Waals surface area (Å²) in [6.45, 7) is 6.65. The van der Waals surface area contributed by atoms with Crippen molar-refractivity contribution in [2.24, 2.45) is 0 Å². The molecule has 0 aliphatic heterocycles. The van der Waals surface area contributed by atoms with Crippen molar-refractivity contribution in [3.63, 3.8) is 0 Å². The van der Waals surface area contributed by atoms with E-state index >= 15 is 0 Å². The van der Waals surface area contributed by atoms with E-state index in [1.54, 1.807) is 24.5 Å². The first-order chi connectivity index (χ1) is 14.4. The van der Waals surface area contributed by atoms with E-state index in [4.69, 9.17) is 0 Å². The average molecular weight is 401 g/mol. The Kier molecular flexibility index (Phi) is 5.53. The molecule has 154 valence electrons. The maximum Gasteiger partial charge on any atom is 0.244 e. The molecule has 0 fully saturated rings. The summed E-state index contributed by atoms with van der Waals surface area (Å²) in [6, 6.07) is 12.4. The van der Waals surface area contributed by atoms with Crippen molar-refractivity contribution < 1.29 is 4.79 Å². The maximum absolute atomic E-state index is 12.5. The third-order valence-corrected chi connectivity index (χ3v) is 5.59. The van der Waals surface area contributed by atoms with Gasteiger partial charge in [0.25, 0.3) is 0 Å². The molecule has 1 aliphatic carbocycles. The lowest BCUT2D eigenvalue weighted by Crippen LogP contribution is -2.29. The van der Waals surface area contributed by atoms with E-state index in [2.05, 4.69) is 60.4 Å². The highest BCUT2D eigenvalue weighted by molar-refractivity contribution is 5.92. The summed E-state index contributed by atoms with van der Waals surface area (Å²) in [6.07, 6.45) is 11.6. The second kappa shape index (κ2) is 8.27. The van der Waals surface area contributed by atoms with Crippen molar-refractivity contribution in [3.05, 3.63) is 83.4 Å². The maximum atomic E-state index is 12.5. The third kappa shape index (κ3) is 4.35. The Bertz CT molecular complexity index is 1040. The van der Waals surface area contributed by atoms with Crippen LogP contribution in [0.2, 0.25) is 0 Å². The molecule has 5 heteroatoms. The average Bonchev–Trinajstić information content (AvgIpc) is 3.18. The number of aromatic nitrogens is 3. The minimum atomic E-state index is -0.0982. The fourth-order valence-electron chi connectivity index (χ4n) is 3.90. The molecule has 1 aliphatic rings. The minimum absolute atomic E-state index is 0.0117. The predicted molar refractivity (Wildman–Crippen MR) is 119 cm³/mol. The molecule has 1 atom stereocenters. The van der Waals surface area contributed by atoms with Gasteiger partial charge in [-0.05, 0) is 60.1 Å². The van der Waals surface area contributed by atoms with E-state index in [0.717, 1.165) is 36.1 Å². The number of hydrogen-bond acceptors (Lipinski definition) is 3. The predicted octanol–water partition coefficient (Wildman–Crippen LogP) is 4.77. The highest BCUT2D eigenvalue weighted by atomic mass is 16.1. The quantitative estimate of drug-likeness (QED) is 0.642. The standard InChI is InChI=1S/C25H28N4O/c1-25(2,3)19-10-12-20(13-11-19)29-23-8-4-7-22(21(23)17-27-29)28-24(30)14-9-18-6-5-15-26-16-18/h5-6,9-17,22H,4,7-8H2,1-3H3,(H,28,30)/b14-9+. The Labute approximate surface area is 177 Å². The first kappa shape index (κ1) is 20.1. The number of rotatable bonds is 4. The molecule has 1 aromatic carbocycles. The zero-order chi connectivity index (χ0) is 21.1. The lowest BCUT2D eigenvalue weighted by atomic mass is 9.87. The molecule has 1 unspecified atom stereocenters. The lowest BCUT2D eigenvalue weighted by molar-refractivity contribution is -0.117. The molecular weight excluding hydrogens is 372 g/mol. The smallest absolute Gasteiger partial charge is 0.244 e. The highest BCUT2D eigenvalue weighted by Gasteiger charge is 2.25. The van der Waals surface area contributed by atoms with E-state index in [1.807, 2.05) is 23.0 Å². The van der Waals surface area contributed by atoms with Crippen molar-refractivity contribution in [2.75, 3.05) is 0 Å². The Hall–Kier alpha value is -3.21. The van der Waals surface area contributed by atoms with Crippen LogP contribution in [0.3, 0.4) is 0 Å². The summed E-state index contributed by atoms with van der Waals surface area (Å²) in [5.74, 6) is -0.0982. The van der Waals surface area contributed by atoms with Gasteiger partial charge in [-0.2, -0.15) is 5.10 Å². The van der Waals surface area contributed by atoms with E-state index in [1.165, 1.54) is 11.3 Å². The number of nitrogens with one attached hydrogen (secondary N) is 1. The third-order valence-electron chi connectivity index (χ3n) is 5.59. The molecule has 5 nitrogen and oxygen atoms in total. The van der Waals surface area contributed by atoms with Crippen LogP contribution in [0.5, 0.6) is 0 Å². The number of carbonyl (C=O) groups excluding carboxylic acids is 1. The van der Waals surface area contributed by atoms with Gasteiger partial charge in [0.05, 0.1) is 17.9 Å². The largest absolute Gasteiger partial charge is 0.346 e. The summed E-state index contributed by atoms with van der Waals surface area (Å²) in [5.41, 5.74) is 5.70. The summed E-state index contributed by atoms with van der Waals surface area (Å²) < 4.78 is 2.02. The molecule has 4 rings (SSSR count). The van der Waals surface area contributed by atoms with Crippen LogP contribution in [-0.2, 0) is 16.6 Å². The van der Waals surface area contributed by atoms with E-state index in [-0.39, 0.29) is 17.4 Å². The molecule has 3 aromatic rings. The van der Waals surface area contributed by atoms with Crippen LogP contribution >= 0.6 is 0 Å². The molecule has 0 saturated carbocycles. The van der Waals surface area contributed by atoms with Crippen LogP contribution in [0.1, 0.15) is 62.0 Å². The molecule has 1 N–H and O–H groups in total. The van der Waals surface area contributed by atoms with E-state index in [9.17, 15) is 4.79 Å². The van der Waals surface area contributed by atoms with Gasteiger partial charge in [0, 0.05) is 29.7 Å². The number of pyridine rings is 1. The van der Waals surface area contributed by atoms with E-state index in [0.29, 0.717) is 0 Å². The SMILES string of the molecule is CC(C)(C)c1ccc(-n2ncc3c2CCCC3NC(=O)/C=C/c2cccnc2)cc1. The number of hydrogen-bond donors (Lipinski definition) is 1. The fourth-order valence-corrected chi connectivity index (χ4v) is 3.90. The number of fused-ring (bicyclic) bond motifs is 1. The van der Waals surface area contributed by atoms with Crippen LogP contribution < -0.4 is 5.32 Å². The topological polar surface area (TPSA) is 59.8 Å². The zero-order valence-electron chi connectivity index (χ0n) is 17.8. The van der Waals surface area contributed by atoms with Gasteiger partial charge in [0.1, 0.15) is 0 Å². The number of amides is 1. The molecule has 0 bridgehead atoms. The zero-order valence-corrected chi connectivity index (χ0v) is 17.8. The van der Waals surface area contributed by atoms with Gasteiger partial charge in [-0.25, -0.2) is 4.68 Å². The highest BCUT2D eigenvalue weighted by Crippen LogP contribution is 2.31. The summed E-state index contributed by atoms with van der Waals surface area (Å²) >= 11 is 0. The molecule has 0 spiro atoms. The van der Waals surface area contributed by atoms with Gasteiger partial charge in [-0.15, -0.1) is 0 Å². The molecule has 2 heterocycles. The molecule has 2 aromatic heterocycles. The molecule has 30 heavy (non-hydrogen) atoms. The van der Waals surface area contributed by atoms with Crippen LogP contribution in [0, 0.1) is 0 Å². The van der Waals surface area contributed by atoms with Crippen molar-refractivity contribution in [1.82, 2.24) is 20.1 Å². The normalized spacial score (nSPS) is 16.4.